The van der Waals surface area contributed by atoms with Crippen LogP contribution in [0.3, 0.4) is 0 Å². The SMILES string of the molecule is C/C=C1\N(CCC)c2ccccc2N1CCN. The van der Waals surface area contributed by atoms with Gasteiger partial charge in [-0.1, -0.05) is 19.1 Å². The van der Waals surface area contributed by atoms with Gasteiger partial charge in [-0.25, -0.2) is 0 Å². The third-order valence-corrected chi connectivity index (χ3v) is 3.07. The van der Waals surface area contributed by atoms with Gasteiger partial charge in [-0.05, 0) is 31.6 Å². The number of allylic oxidation sites excluding steroid dienone is 1. The van der Waals surface area contributed by atoms with E-state index in [4.69, 9.17) is 5.73 Å². The Morgan fingerprint density at radius 3 is 2.18 bits per heavy atom. The molecule has 2 N–H and O–H groups in total. The van der Waals surface area contributed by atoms with Gasteiger partial charge < -0.3 is 15.5 Å². The van der Waals surface area contributed by atoms with Crippen LogP contribution in [0.15, 0.2) is 36.2 Å². The number of hydrogen-bond acceptors (Lipinski definition) is 3. The highest BCUT2D eigenvalue weighted by molar-refractivity contribution is 5.82. The molecule has 0 saturated carbocycles. The molecule has 1 aliphatic rings. The van der Waals surface area contributed by atoms with Crippen molar-refractivity contribution in [3.8, 4) is 0 Å². The molecule has 0 saturated heterocycles. The second kappa shape index (κ2) is 5.23. The van der Waals surface area contributed by atoms with E-state index in [9.17, 15) is 0 Å². The maximum absolute atomic E-state index is 5.71. The highest BCUT2D eigenvalue weighted by atomic mass is 15.4. The number of nitrogens with two attached hydrogens (primary N) is 1. The zero-order valence-electron chi connectivity index (χ0n) is 10.7. The first kappa shape index (κ1) is 12.0. The number of anilines is 2. The zero-order chi connectivity index (χ0) is 12.3. The molecule has 3 nitrogen and oxygen atoms in total. The van der Waals surface area contributed by atoms with Crippen molar-refractivity contribution in [2.45, 2.75) is 20.3 Å². The van der Waals surface area contributed by atoms with Crippen LogP contribution in [-0.2, 0) is 0 Å². The second-order valence-electron chi connectivity index (χ2n) is 4.23. The molecule has 3 heteroatoms. The maximum Gasteiger partial charge on any atom is 0.109 e. The number of nitrogens with zero attached hydrogens (tertiary/aromatic N) is 2. The van der Waals surface area contributed by atoms with Crippen molar-refractivity contribution in [3.05, 3.63) is 36.2 Å². The summed E-state index contributed by atoms with van der Waals surface area (Å²) in [6.45, 7) is 6.90. The van der Waals surface area contributed by atoms with E-state index in [0.717, 1.165) is 19.5 Å². The molecule has 17 heavy (non-hydrogen) atoms. The minimum atomic E-state index is 0.672. The van der Waals surface area contributed by atoms with Crippen LogP contribution in [0, 0.1) is 0 Å². The normalized spacial score (nSPS) is 16.8. The maximum atomic E-state index is 5.71. The van der Waals surface area contributed by atoms with Crippen LogP contribution in [0.5, 0.6) is 0 Å². The largest absolute Gasteiger partial charge is 0.329 e. The van der Waals surface area contributed by atoms with Crippen molar-refractivity contribution >= 4 is 11.4 Å². The number of benzene rings is 1. The Morgan fingerprint density at radius 2 is 1.71 bits per heavy atom. The van der Waals surface area contributed by atoms with Crippen molar-refractivity contribution < 1.29 is 0 Å². The zero-order valence-corrected chi connectivity index (χ0v) is 10.7. The van der Waals surface area contributed by atoms with Crippen molar-refractivity contribution in [2.24, 2.45) is 5.73 Å². The van der Waals surface area contributed by atoms with Gasteiger partial charge in [0.25, 0.3) is 0 Å². The van der Waals surface area contributed by atoms with Gasteiger partial charge in [0.2, 0.25) is 0 Å². The van der Waals surface area contributed by atoms with E-state index in [2.05, 4.69) is 54.0 Å². The van der Waals surface area contributed by atoms with Crippen molar-refractivity contribution in [2.75, 3.05) is 29.4 Å². The van der Waals surface area contributed by atoms with Gasteiger partial charge in [-0.3, -0.25) is 0 Å². The first-order chi connectivity index (χ1) is 8.33. The number of hydrogen-bond donors (Lipinski definition) is 1. The highest BCUT2D eigenvalue weighted by Gasteiger charge is 2.28. The molecule has 0 bridgehead atoms. The summed E-state index contributed by atoms with van der Waals surface area (Å²) in [6.07, 6.45) is 3.31. The standard InChI is InChI=1S/C14H21N3/c1-3-10-16-12-7-5-6-8-13(12)17(11-9-15)14(16)4-2/h4-8H,3,9-11,15H2,1-2H3/b14-4+. The van der Waals surface area contributed by atoms with E-state index in [-0.39, 0.29) is 0 Å². The fourth-order valence-electron chi connectivity index (χ4n) is 2.45. The summed E-state index contributed by atoms with van der Waals surface area (Å²) >= 11 is 0. The van der Waals surface area contributed by atoms with Crippen LogP contribution >= 0.6 is 0 Å². The lowest BCUT2D eigenvalue weighted by Crippen LogP contribution is -2.32. The van der Waals surface area contributed by atoms with Crippen LogP contribution in [0.4, 0.5) is 11.4 Å². The quantitative estimate of drug-likeness (QED) is 0.864. The average Bonchev–Trinajstić information content (AvgIpc) is 2.65. The van der Waals surface area contributed by atoms with Crippen LogP contribution in [0.25, 0.3) is 0 Å². The lowest BCUT2D eigenvalue weighted by Gasteiger charge is -2.24. The van der Waals surface area contributed by atoms with Gasteiger partial charge >= 0.3 is 0 Å². The summed E-state index contributed by atoms with van der Waals surface area (Å²) in [5.41, 5.74) is 8.29. The van der Waals surface area contributed by atoms with E-state index >= 15 is 0 Å². The minimum Gasteiger partial charge on any atom is -0.329 e. The van der Waals surface area contributed by atoms with E-state index in [1.54, 1.807) is 0 Å². The molecule has 1 aromatic rings. The van der Waals surface area contributed by atoms with Crippen LogP contribution in [0.1, 0.15) is 20.3 Å². The Hall–Kier alpha value is -1.48. The molecule has 0 amide bonds. The minimum absolute atomic E-state index is 0.672. The molecular formula is C14H21N3. The molecule has 0 spiro atoms. The Balaban J connectivity index is 2.42. The molecule has 0 unspecified atom stereocenters. The van der Waals surface area contributed by atoms with Gasteiger partial charge in [0.1, 0.15) is 5.82 Å². The lowest BCUT2D eigenvalue weighted by atomic mass is 10.2. The van der Waals surface area contributed by atoms with Crippen molar-refractivity contribution in [1.29, 1.82) is 0 Å². The van der Waals surface area contributed by atoms with Crippen LogP contribution in [0.2, 0.25) is 0 Å². The topological polar surface area (TPSA) is 32.5 Å². The summed E-state index contributed by atoms with van der Waals surface area (Å²) in [5, 5.41) is 0. The lowest BCUT2D eigenvalue weighted by molar-refractivity contribution is 0.815. The van der Waals surface area contributed by atoms with E-state index in [1.807, 2.05) is 0 Å². The molecule has 0 fully saturated rings. The Kier molecular flexibility index (Phi) is 3.69. The molecule has 0 radical (unpaired) electrons. The molecule has 1 aromatic carbocycles. The predicted octanol–water partition coefficient (Wildman–Crippen LogP) is 2.54. The summed E-state index contributed by atoms with van der Waals surface area (Å²) < 4.78 is 0. The first-order valence-corrected chi connectivity index (χ1v) is 6.34. The Bertz CT molecular complexity index is 377. The summed E-state index contributed by atoms with van der Waals surface area (Å²) in [4.78, 5) is 4.69. The molecule has 0 aliphatic carbocycles. The third-order valence-electron chi connectivity index (χ3n) is 3.07. The molecular weight excluding hydrogens is 210 g/mol. The van der Waals surface area contributed by atoms with E-state index in [1.165, 1.54) is 17.2 Å². The molecule has 1 heterocycles. The van der Waals surface area contributed by atoms with Crippen LogP contribution in [-0.4, -0.2) is 19.6 Å². The number of para-hydroxylation sites is 2. The number of fused-ring (bicyclic) bond motifs is 1. The van der Waals surface area contributed by atoms with Gasteiger partial charge in [-0.2, -0.15) is 0 Å². The van der Waals surface area contributed by atoms with Crippen molar-refractivity contribution in [1.82, 2.24) is 0 Å². The van der Waals surface area contributed by atoms with Gasteiger partial charge in [0.05, 0.1) is 11.4 Å². The number of rotatable bonds is 4. The monoisotopic (exact) mass is 231 g/mol. The fraction of sp³-hybridized carbons (Fsp3) is 0.429. The van der Waals surface area contributed by atoms with E-state index < -0.39 is 0 Å². The average molecular weight is 231 g/mol. The van der Waals surface area contributed by atoms with Crippen LogP contribution < -0.4 is 15.5 Å². The summed E-state index contributed by atoms with van der Waals surface area (Å²) in [6, 6.07) is 8.54. The Morgan fingerprint density at radius 1 is 1.12 bits per heavy atom. The molecule has 0 aromatic heterocycles. The van der Waals surface area contributed by atoms with Crippen molar-refractivity contribution in [3.63, 3.8) is 0 Å². The summed E-state index contributed by atoms with van der Waals surface area (Å²) in [7, 11) is 0. The Labute approximate surface area is 104 Å². The molecule has 2 rings (SSSR count). The smallest absolute Gasteiger partial charge is 0.109 e. The second-order valence-corrected chi connectivity index (χ2v) is 4.23. The van der Waals surface area contributed by atoms with E-state index in [0.29, 0.717) is 6.54 Å². The highest BCUT2D eigenvalue weighted by Crippen LogP contribution is 2.40. The summed E-state index contributed by atoms with van der Waals surface area (Å²) in [5.74, 6) is 1.26. The van der Waals surface area contributed by atoms with Gasteiger partial charge in [0.15, 0.2) is 0 Å². The first-order valence-electron chi connectivity index (χ1n) is 6.34. The third kappa shape index (κ3) is 2.03. The molecule has 92 valence electrons. The predicted molar refractivity (Wildman–Crippen MR) is 74.2 cm³/mol. The van der Waals surface area contributed by atoms with Gasteiger partial charge in [0, 0.05) is 19.6 Å². The molecule has 0 atom stereocenters. The van der Waals surface area contributed by atoms with Gasteiger partial charge in [-0.15, -0.1) is 0 Å². The molecule has 1 aliphatic heterocycles. The fourth-order valence-corrected chi connectivity index (χ4v) is 2.45.